The van der Waals surface area contributed by atoms with Gasteiger partial charge in [0.1, 0.15) is 0 Å². The molecule has 0 aromatic heterocycles. The van der Waals surface area contributed by atoms with E-state index in [0.29, 0.717) is 17.5 Å². The molecule has 1 fully saturated rings. The zero-order valence-electron chi connectivity index (χ0n) is 16.6. The number of amides is 2. The van der Waals surface area contributed by atoms with Gasteiger partial charge in [-0.1, -0.05) is 38.8 Å². The highest BCUT2D eigenvalue weighted by Gasteiger charge is 2.30. The van der Waals surface area contributed by atoms with Crippen molar-refractivity contribution in [2.24, 2.45) is 11.8 Å². The molecule has 2 N–H and O–H groups in total. The standard InChI is InChI=1S/C21H30N2O4/c1-13-6-5-7-19(14(13)2)23-21(26)15(3)27-20(25)12-17-8-10-18(11-9-17)22-16(4)24/h8-11,13-15,19H,5-7,12H2,1-4H3,(H,22,24)(H,23,26)/t13-,14-,15-,19+/m1/s1. The smallest absolute Gasteiger partial charge is 0.311 e. The second kappa shape index (κ2) is 9.53. The number of esters is 1. The first kappa shape index (κ1) is 20.9. The summed E-state index contributed by atoms with van der Waals surface area (Å²) in [4.78, 5) is 35.5. The van der Waals surface area contributed by atoms with Gasteiger partial charge in [0.25, 0.3) is 5.91 Å². The lowest BCUT2D eigenvalue weighted by atomic mass is 9.78. The first-order valence-electron chi connectivity index (χ1n) is 9.62. The van der Waals surface area contributed by atoms with E-state index in [2.05, 4.69) is 24.5 Å². The Hall–Kier alpha value is -2.37. The fourth-order valence-corrected chi connectivity index (χ4v) is 3.45. The molecule has 1 aliphatic rings. The Morgan fingerprint density at radius 2 is 1.81 bits per heavy atom. The molecule has 6 nitrogen and oxygen atoms in total. The molecule has 4 atom stereocenters. The van der Waals surface area contributed by atoms with Gasteiger partial charge in [0.15, 0.2) is 6.10 Å². The Balaban J connectivity index is 1.82. The summed E-state index contributed by atoms with van der Waals surface area (Å²) in [7, 11) is 0. The largest absolute Gasteiger partial charge is 0.452 e. The molecule has 1 aliphatic carbocycles. The van der Waals surface area contributed by atoms with E-state index in [1.165, 1.54) is 13.3 Å². The average Bonchev–Trinajstić information content (AvgIpc) is 2.60. The summed E-state index contributed by atoms with van der Waals surface area (Å²) in [5.74, 6) is 0.170. The summed E-state index contributed by atoms with van der Waals surface area (Å²) in [6.07, 6.45) is 2.53. The molecule has 0 saturated heterocycles. The van der Waals surface area contributed by atoms with Crippen LogP contribution in [0, 0.1) is 11.8 Å². The van der Waals surface area contributed by atoms with Crippen molar-refractivity contribution >= 4 is 23.5 Å². The molecule has 2 rings (SSSR count). The number of benzene rings is 1. The number of ether oxygens (including phenoxy) is 1. The van der Waals surface area contributed by atoms with Gasteiger partial charge in [-0.15, -0.1) is 0 Å². The molecule has 27 heavy (non-hydrogen) atoms. The van der Waals surface area contributed by atoms with Crippen molar-refractivity contribution in [3.63, 3.8) is 0 Å². The van der Waals surface area contributed by atoms with Crippen LogP contribution >= 0.6 is 0 Å². The topological polar surface area (TPSA) is 84.5 Å². The van der Waals surface area contributed by atoms with Gasteiger partial charge in [-0.25, -0.2) is 0 Å². The minimum absolute atomic E-state index is 0.0782. The Kier molecular flexibility index (Phi) is 7.39. The van der Waals surface area contributed by atoms with Crippen LogP contribution in [0.2, 0.25) is 0 Å². The van der Waals surface area contributed by atoms with Crippen molar-refractivity contribution < 1.29 is 19.1 Å². The van der Waals surface area contributed by atoms with Crippen molar-refractivity contribution in [3.8, 4) is 0 Å². The zero-order chi connectivity index (χ0) is 20.0. The molecule has 0 bridgehead atoms. The van der Waals surface area contributed by atoms with Gasteiger partial charge in [0.2, 0.25) is 5.91 Å². The highest BCUT2D eigenvalue weighted by atomic mass is 16.5. The average molecular weight is 374 g/mol. The minimum atomic E-state index is -0.819. The highest BCUT2D eigenvalue weighted by Crippen LogP contribution is 2.29. The van der Waals surface area contributed by atoms with Crippen LogP contribution in [0.1, 0.15) is 52.5 Å². The molecule has 1 aromatic carbocycles. The van der Waals surface area contributed by atoms with Gasteiger partial charge < -0.3 is 15.4 Å². The van der Waals surface area contributed by atoms with Crippen LogP contribution in [-0.4, -0.2) is 29.9 Å². The summed E-state index contributed by atoms with van der Waals surface area (Å²) >= 11 is 0. The normalized spacial score (nSPS) is 23.2. The van der Waals surface area contributed by atoms with E-state index < -0.39 is 12.1 Å². The molecule has 0 unspecified atom stereocenters. The Morgan fingerprint density at radius 1 is 1.15 bits per heavy atom. The molecule has 2 amide bonds. The maximum Gasteiger partial charge on any atom is 0.311 e. The van der Waals surface area contributed by atoms with Crippen molar-refractivity contribution in [2.75, 3.05) is 5.32 Å². The summed E-state index contributed by atoms with van der Waals surface area (Å²) in [6.45, 7) is 7.41. The minimum Gasteiger partial charge on any atom is -0.452 e. The highest BCUT2D eigenvalue weighted by molar-refractivity contribution is 5.88. The monoisotopic (exact) mass is 374 g/mol. The van der Waals surface area contributed by atoms with E-state index in [0.717, 1.165) is 18.4 Å². The number of carbonyl (C=O) groups is 3. The lowest BCUT2D eigenvalue weighted by molar-refractivity contribution is -0.154. The number of rotatable bonds is 6. The molecule has 148 valence electrons. The fourth-order valence-electron chi connectivity index (χ4n) is 3.45. The quantitative estimate of drug-likeness (QED) is 0.750. The Morgan fingerprint density at radius 3 is 2.44 bits per heavy atom. The van der Waals surface area contributed by atoms with Crippen LogP contribution in [-0.2, 0) is 25.5 Å². The molecule has 0 radical (unpaired) electrons. The van der Waals surface area contributed by atoms with Crippen molar-refractivity contribution in [2.45, 2.75) is 65.5 Å². The number of carbonyl (C=O) groups excluding carboxylic acids is 3. The summed E-state index contributed by atoms with van der Waals surface area (Å²) < 4.78 is 5.29. The van der Waals surface area contributed by atoms with E-state index in [4.69, 9.17) is 4.74 Å². The van der Waals surface area contributed by atoms with Crippen LogP contribution in [0.5, 0.6) is 0 Å². The predicted octanol–water partition coefficient (Wildman–Crippen LogP) is 3.06. The lowest BCUT2D eigenvalue weighted by Crippen LogP contribution is -2.47. The first-order chi connectivity index (χ1) is 12.8. The second-order valence-corrected chi connectivity index (χ2v) is 7.57. The molecular weight excluding hydrogens is 344 g/mol. The van der Waals surface area contributed by atoms with E-state index >= 15 is 0 Å². The lowest BCUT2D eigenvalue weighted by Gasteiger charge is -2.35. The van der Waals surface area contributed by atoms with Crippen LogP contribution in [0.25, 0.3) is 0 Å². The van der Waals surface area contributed by atoms with Gasteiger partial charge in [0.05, 0.1) is 6.42 Å². The van der Waals surface area contributed by atoms with Crippen molar-refractivity contribution in [3.05, 3.63) is 29.8 Å². The summed E-state index contributed by atoms with van der Waals surface area (Å²) in [5, 5.41) is 5.71. The van der Waals surface area contributed by atoms with E-state index in [1.807, 2.05) is 0 Å². The van der Waals surface area contributed by atoms with E-state index in [-0.39, 0.29) is 24.3 Å². The predicted molar refractivity (Wildman–Crippen MR) is 104 cm³/mol. The van der Waals surface area contributed by atoms with Gasteiger partial charge in [-0.3, -0.25) is 14.4 Å². The van der Waals surface area contributed by atoms with Gasteiger partial charge >= 0.3 is 5.97 Å². The maximum atomic E-state index is 12.4. The first-order valence-corrected chi connectivity index (χ1v) is 9.62. The molecule has 1 saturated carbocycles. The van der Waals surface area contributed by atoms with Crippen molar-refractivity contribution in [1.29, 1.82) is 0 Å². The molecule has 6 heteroatoms. The van der Waals surface area contributed by atoms with Crippen LogP contribution in [0.15, 0.2) is 24.3 Å². The fraction of sp³-hybridized carbons (Fsp3) is 0.571. The second-order valence-electron chi connectivity index (χ2n) is 7.57. The number of anilines is 1. The Labute approximate surface area is 161 Å². The third-order valence-corrected chi connectivity index (χ3v) is 5.33. The third-order valence-electron chi connectivity index (χ3n) is 5.33. The van der Waals surface area contributed by atoms with Crippen molar-refractivity contribution in [1.82, 2.24) is 5.32 Å². The molecule has 0 aliphatic heterocycles. The van der Waals surface area contributed by atoms with Crippen LogP contribution < -0.4 is 10.6 Å². The molecule has 1 aromatic rings. The number of hydrogen-bond donors (Lipinski definition) is 2. The summed E-state index contributed by atoms with van der Waals surface area (Å²) in [5.41, 5.74) is 1.43. The van der Waals surface area contributed by atoms with E-state index in [1.54, 1.807) is 31.2 Å². The number of hydrogen-bond acceptors (Lipinski definition) is 4. The third kappa shape index (κ3) is 6.38. The molecular formula is C21H30N2O4. The number of nitrogens with one attached hydrogen (secondary N) is 2. The Bertz CT molecular complexity index is 671. The molecule has 0 spiro atoms. The van der Waals surface area contributed by atoms with Crippen LogP contribution in [0.3, 0.4) is 0 Å². The van der Waals surface area contributed by atoms with Gasteiger partial charge in [-0.05, 0) is 42.9 Å². The van der Waals surface area contributed by atoms with Gasteiger partial charge in [0, 0.05) is 18.7 Å². The maximum absolute atomic E-state index is 12.4. The van der Waals surface area contributed by atoms with Crippen LogP contribution in [0.4, 0.5) is 5.69 Å². The molecule has 0 heterocycles. The van der Waals surface area contributed by atoms with Gasteiger partial charge in [-0.2, -0.15) is 0 Å². The SMILES string of the molecule is CC(=O)Nc1ccc(CC(=O)O[C@H](C)C(=O)N[C@H]2CCC[C@@H](C)[C@H]2C)cc1. The zero-order valence-corrected chi connectivity index (χ0v) is 16.6. The summed E-state index contributed by atoms with van der Waals surface area (Å²) in [6, 6.07) is 7.10. The van der Waals surface area contributed by atoms with E-state index in [9.17, 15) is 14.4 Å².